The minimum absolute atomic E-state index is 0.00386. The summed E-state index contributed by atoms with van der Waals surface area (Å²) in [5.41, 5.74) is 7.85. The Balaban J connectivity index is 2.24. The third-order valence-electron chi connectivity index (χ3n) is 2.86. The molecule has 2 rings (SSSR count). The van der Waals surface area contributed by atoms with Gasteiger partial charge in [0.25, 0.3) is 5.91 Å². The molecular formula is C13H14BrN5O2. The number of hydrogen-bond donors (Lipinski definition) is 3. The summed E-state index contributed by atoms with van der Waals surface area (Å²) in [5.74, 6) is -0.272. The van der Waals surface area contributed by atoms with Gasteiger partial charge in [0.05, 0.1) is 11.4 Å². The first kappa shape index (κ1) is 15.0. The summed E-state index contributed by atoms with van der Waals surface area (Å²) in [5, 5.41) is 18.5. The number of carbonyl (C=O) groups is 1. The van der Waals surface area contributed by atoms with E-state index in [0.717, 1.165) is 5.69 Å². The zero-order chi connectivity index (χ0) is 15.6. The van der Waals surface area contributed by atoms with Crippen LogP contribution in [-0.2, 0) is 7.05 Å². The molecule has 0 aliphatic rings. The van der Waals surface area contributed by atoms with Gasteiger partial charge in [0.2, 0.25) is 0 Å². The smallest absolute Gasteiger partial charge is 0.273 e. The van der Waals surface area contributed by atoms with Crippen LogP contribution in [0.15, 0.2) is 33.9 Å². The van der Waals surface area contributed by atoms with E-state index < -0.39 is 0 Å². The molecule has 0 fully saturated rings. The van der Waals surface area contributed by atoms with Gasteiger partial charge in [-0.2, -0.15) is 5.10 Å². The summed E-state index contributed by atoms with van der Waals surface area (Å²) < 4.78 is 2.14. The number of oxime groups is 1. The van der Waals surface area contributed by atoms with Gasteiger partial charge in [0.15, 0.2) is 5.84 Å². The quantitative estimate of drug-likeness (QED) is 0.339. The lowest BCUT2D eigenvalue weighted by molar-refractivity contribution is 0.101. The second-order valence-corrected chi connectivity index (χ2v) is 5.28. The number of anilines is 1. The van der Waals surface area contributed by atoms with E-state index in [2.05, 4.69) is 31.5 Å². The zero-order valence-corrected chi connectivity index (χ0v) is 13.0. The maximum atomic E-state index is 12.2. The number of amidine groups is 1. The van der Waals surface area contributed by atoms with Crippen molar-refractivity contribution in [3.8, 4) is 0 Å². The summed E-state index contributed by atoms with van der Waals surface area (Å²) in [6.45, 7) is 1.82. The van der Waals surface area contributed by atoms with Gasteiger partial charge in [-0.25, -0.2) is 0 Å². The van der Waals surface area contributed by atoms with E-state index >= 15 is 0 Å². The van der Waals surface area contributed by atoms with Gasteiger partial charge >= 0.3 is 0 Å². The number of amides is 1. The summed E-state index contributed by atoms with van der Waals surface area (Å²) in [6.07, 6.45) is 0. The first-order valence-corrected chi connectivity index (χ1v) is 6.81. The van der Waals surface area contributed by atoms with Gasteiger partial charge in [-0.1, -0.05) is 5.16 Å². The van der Waals surface area contributed by atoms with Crippen molar-refractivity contribution in [1.29, 1.82) is 0 Å². The van der Waals surface area contributed by atoms with Crippen LogP contribution >= 0.6 is 15.9 Å². The number of nitrogens with two attached hydrogens (primary N) is 1. The molecule has 0 aliphatic carbocycles. The Kier molecular flexibility index (Phi) is 4.27. The van der Waals surface area contributed by atoms with Crippen LogP contribution in [-0.4, -0.2) is 26.7 Å². The third-order valence-corrected chi connectivity index (χ3v) is 3.51. The van der Waals surface area contributed by atoms with Crippen molar-refractivity contribution in [1.82, 2.24) is 9.78 Å². The van der Waals surface area contributed by atoms with Crippen molar-refractivity contribution in [2.24, 2.45) is 17.9 Å². The van der Waals surface area contributed by atoms with Gasteiger partial charge in [0.1, 0.15) is 5.69 Å². The maximum absolute atomic E-state index is 12.2. The summed E-state index contributed by atoms with van der Waals surface area (Å²) in [4.78, 5) is 12.2. The second kappa shape index (κ2) is 5.96. The SMILES string of the molecule is Cc1cc(C(=O)Nc2ccc(/C(N)=N/O)cc2Br)n(C)n1. The number of halogens is 1. The van der Waals surface area contributed by atoms with Crippen LogP contribution in [0.3, 0.4) is 0 Å². The van der Waals surface area contributed by atoms with Crippen LogP contribution in [0.5, 0.6) is 0 Å². The Labute approximate surface area is 129 Å². The molecule has 21 heavy (non-hydrogen) atoms. The number of aromatic nitrogens is 2. The Morgan fingerprint density at radius 3 is 2.71 bits per heavy atom. The van der Waals surface area contributed by atoms with Gasteiger partial charge in [-0.05, 0) is 47.1 Å². The maximum Gasteiger partial charge on any atom is 0.273 e. The summed E-state index contributed by atoms with van der Waals surface area (Å²) in [6, 6.07) is 6.66. The van der Waals surface area contributed by atoms with Crippen LogP contribution in [0.2, 0.25) is 0 Å². The minimum atomic E-state index is -0.268. The average molecular weight is 352 g/mol. The molecule has 0 spiro atoms. The number of rotatable bonds is 3. The molecule has 110 valence electrons. The number of carbonyl (C=O) groups excluding carboxylic acids is 1. The van der Waals surface area contributed by atoms with E-state index in [1.807, 2.05) is 6.92 Å². The van der Waals surface area contributed by atoms with Crippen LogP contribution in [0, 0.1) is 6.92 Å². The summed E-state index contributed by atoms with van der Waals surface area (Å²) in [7, 11) is 1.71. The fourth-order valence-corrected chi connectivity index (χ4v) is 2.32. The first-order valence-electron chi connectivity index (χ1n) is 6.02. The molecule has 0 bridgehead atoms. The van der Waals surface area contributed by atoms with Crippen LogP contribution in [0.1, 0.15) is 21.7 Å². The lowest BCUT2D eigenvalue weighted by atomic mass is 10.2. The fourth-order valence-electron chi connectivity index (χ4n) is 1.84. The highest BCUT2D eigenvalue weighted by molar-refractivity contribution is 9.10. The van der Waals surface area contributed by atoms with Crippen molar-refractivity contribution in [3.63, 3.8) is 0 Å². The minimum Gasteiger partial charge on any atom is -0.409 e. The van der Waals surface area contributed by atoms with Crippen molar-refractivity contribution in [2.45, 2.75) is 6.92 Å². The Bertz CT molecular complexity index is 723. The highest BCUT2D eigenvalue weighted by atomic mass is 79.9. The predicted octanol–water partition coefficient (Wildman–Crippen LogP) is 1.84. The monoisotopic (exact) mass is 351 g/mol. The van der Waals surface area contributed by atoms with Crippen LogP contribution < -0.4 is 11.1 Å². The number of benzene rings is 1. The standard InChI is InChI=1S/C13H14BrN5O2/c1-7-5-11(19(2)17-7)13(20)16-10-4-3-8(6-9(10)14)12(15)18-21/h3-6,21H,1-2H3,(H2,15,18)(H,16,20). The molecule has 0 saturated heterocycles. The normalized spacial score (nSPS) is 11.5. The van der Waals surface area contributed by atoms with E-state index in [1.165, 1.54) is 4.68 Å². The lowest BCUT2D eigenvalue weighted by Crippen LogP contribution is -2.17. The molecule has 8 heteroatoms. The van der Waals surface area contributed by atoms with E-state index in [1.54, 1.807) is 31.3 Å². The van der Waals surface area contributed by atoms with E-state index in [9.17, 15) is 4.79 Å². The van der Waals surface area contributed by atoms with Crippen molar-refractivity contribution < 1.29 is 10.0 Å². The molecule has 4 N–H and O–H groups in total. The molecule has 1 amide bonds. The summed E-state index contributed by atoms with van der Waals surface area (Å²) >= 11 is 3.34. The van der Waals surface area contributed by atoms with E-state index in [0.29, 0.717) is 21.4 Å². The Morgan fingerprint density at radius 2 is 2.19 bits per heavy atom. The molecule has 0 saturated carbocycles. The average Bonchev–Trinajstić information content (AvgIpc) is 2.79. The highest BCUT2D eigenvalue weighted by Crippen LogP contribution is 2.24. The number of nitrogens with one attached hydrogen (secondary N) is 1. The lowest BCUT2D eigenvalue weighted by Gasteiger charge is -2.09. The largest absolute Gasteiger partial charge is 0.409 e. The molecule has 7 nitrogen and oxygen atoms in total. The number of nitrogens with zero attached hydrogens (tertiary/aromatic N) is 3. The van der Waals surface area contributed by atoms with E-state index in [4.69, 9.17) is 10.9 Å². The first-order chi connectivity index (χ1) is 9.92. The van der Waals surface area contributed by atoms with Crippen molar-refractivity contribution >= 4 is 33.4 Å². The molecule has 2 aromatic rings. The molecule has 1 heterocycles. The molecule has 0 aliphatic heterocycles. The van der Waals surface area contributed by atoms with Gasteiger partial charge in [-0.15, -0.1) is 0 Å². The van der Waals surface area contributed by atoms with E-state index in [-0.39, 0.29) is 11.7 Å². The molecule has 1 aromatic carbocycles. The zero-order valence-electron chi connectivity index (χ0n) is 11.5. The Morgan fingerprint density at radius 1 is 1.48 bits per heavy atom. The van der Waals surface area contributed by atoms with Crippen molar-refractivity contribution in [2.75, 3.05) is 5.32 Å². The second-order valence-electron chi connectivity index (χ2n) is 4.43. The molecule has 0 unspecified atom stereocenters. The molecule has 1 aromatic heterocycles. The topological polar surface area (TPSA) is 106 Å². The third kappa shape index (κ3) is 3.22. The van der Waals surface area contributed by atoms with Gasteiger partial charge in [-0.3, -0.25) is 9.48 Å². The van der Waals surface area contributed by atoms with Crippen LogP contribution in [0.4, 0.5) is 5.69 Å². The van der Waals surface area contributed by atoms with Crippen LogP contribution in [0.25, 0.3) is 0 Å². The highest BCUT2D eigenvalue weighted by Gasteiger charge is 2.14. The Hall–Kier alpha value is -2.35. The fraction of sp³-hybridized carbons (Fsp3) is 0.154. The molecule has 0 atom stereocenters. The predicted molar refractivity (Wildman–Crippen MR) is 82.6 cm³/mol. The van der Waals surface area contributed by atoms with Gasteiger partial charge in [0, 0.05) is 17.1 Å². The number of hydrogen-bond acceptors (Lipinski definition) is 4. The number of aryl methyl sites for hydroxylation is 2. The van der Waals surface area contributed by atoms with Crippen molar-refractivity contribution in [3.05, 3.63) is 45.7 Å². The molecule has 0 radical (unpaired) electrons. The molecular weight excluding hydrogens is 338 g/mol. The van der Waals surface area contributed by atoms with Gasteiger partial charge < -0.3 is 16.3 Å².